The van der Waals surface area contributed by atoms with Crippen LogP contribution in [-0.4, -0.2) is 23.2 Å². The SMILES string of the molecule is COc1ccc(Cn2cc(C)n3ccc(-c4ccc(F)c(C(F)(F)F)c4)c3c2=O)c(OC)c1. The van der Waals surface area contributed by atoms with Crippen molar-refractivity contribution in [1.82, 2.24) is 8.97 Å². The van der Waals surface area contributed by atoms with E-state index in [-0.39, 0.29) is 23.2 Å². The molecule has 4 aromatic rings. The van der Waals surface area contributed by atoms with E-state index in [0.717, 1.165) is 17.7 Å². The number of fused-ring (bicyclic) bond motifs is 1. The van der Waals surface area contributed by atoms with Gasteiger partial charge >= 0.3 is 6.18 Å². The van der Waals surface area contributed by atoms with Crippen molar-refractivity contribution in [3.8, 4) is 22.6 Å². The molecule has 172 valence electrons. The van der Waals surface area contributed by atoms with Gasteiger partial charge < -0.3 is 18.4 Å². The summed E-state index contributed by atoms with van der Waals surface area (Å²) in [6.45, 7) is 1.95. The summed E-state index contributed by atoms with van der Waals surface area (Å²) in [4.78, 5) is 13.4. The fourth-order valence-corrected chi connectivity index (χ4v) is 3.85. The van der Waals surface area contributed by atoms with Crippen molar-refractivity contribution in [2.24, 2.45) is 0 Å². The van der Waals surface area contributed by atoms with Crippen molar-refractivity contribution in [2.45, 2.75) is 19.6 Å². The number of hydrogen-bond donors (Lipinski definition) is 0. The number of nitrogens with zero attached hydrogens (tertiary/aromatic N) is 2. The molecule has 9 heteroatoms. The zero-order valence-electron chi connectivity index (χ0n) is 18.0. The molecule has 33 heavy (non-hydrogen) atoms. The van der Waals surface area contributed by atoms with Gasteiger partial charge in [0.15, 0.2) is 0 Å². The number of benzene rings is 2. The molecule has 0 radical (unpaired) electrons. The Kier molecular flexibility index (Phi) is 5.65. The minimum atomic E-state index is -4.85. The Morgan fingerprint density at radius 1 is 1.00 bits per heavy atom. The Labute approximate surface area is 186 Å². The molecule has 0 saturated carbocycles. The highest BCUT2D eigenvalue weighted by Crippen LogP contribution is 2.35. The van der Waals surface area contributed by atoms with Crippen LogP contribution in [0.4, 0.5) is 17.6 Å². The third kappa shape index (κ3) is 4.06. The quantitative estimate of drug-likeness (QED) is 0.380. The van der Waals surface area contributed by atoms with Crippen LogP contribution in [0.1, 0.15) is 16.8 Å². The van der Waals surface area contributed by atoms with E-state index in [2.05, 4.69) is 0 Å². The topological polar surface area (TPSA) is 44.9 Å². The fourth-order valence-electron chi connectivity index (χ4n) is 3.85. The number of alkyl halides is 3. The van der Waals surface area contributed by atoms with E-state index in [4.69, 9.17) is 9.47 Å². The molecule has 0 N–H and O–H groups in total. The van der Waals surface area contributed by atoms with Gasteiger partial charge in [-0.3, -0.25) is 4.79 Å². The van der Waals surface area contributed by atoms with Crippen LogP contribution in [0.3, 0.4) is 0 Å². The monoisotopic (exact) mass is 460 g/mol. The van der Waals surface area contributed by atoms with E-state index < -0.39 is 23.1 Å². The van der Waals surface area contributed by atoms with E-state index in [9.17, 15) is 22.4 Å². The van der Waals surface area contributed by atoms with Crippen molar-refractivity contribution in [2.75, 3.05) is 14.2 Å². The molecule has 0 amide bonds. The lowest BCUT2D eigenvalue weighted by molar-refractivity contribution is -0.139. The maximum atomic E-state index is 13.8. The Balaban J connectivity index is 1.87. The summed E-state index contributed by atoms with van der Waals surface area (Å²) >= 11 is 0. The van der Waals surface area contributed by atoms with Gasteiger partial charge in [0, 0.05) is 35.3 Å². The van der Waals surface area contributed by atoms with E-state index in [0.29, 0.717) is 17.2 Å². The van der Waals surface area contributed by atoms with Crippen molar-refractivity contribution in [3.63, 3.8) is 0 Å². The maximum Gasteiger partial charge on any atom is 0.419 e. The molecular formula is C24H20F4N2O3. The Bertz CT molecular complexity index is 1400. The molecule has 2 aromatic carbocycles. The van der Waals surface area contributed by atoms with Crippen LogP contribution in [0.15, 0.2) is 59.7 Å². The zero-order chi connectivity index (χ0) is 23.9. The molecule has 0 spiro atoms. The summed E-state index contributed by atoms with van der Waals surface area (Å²) in [5.41, 5.74) is 0.209. The molecule has 4 rings (SSSR count). The van der Waals surface area contributed by atoms with Gasteiger partial charge in [-0.2, -0.15) is 13.2 Å². The molecule has 0 bridgehead atoms. The highest BCUT2D eigenvalue weighted by molar-refractivity contribution is 5.81. The normalized spacial score (nSPS) is 11.7. The lowest BCUT2D eigenvalue weighted by Crippen LogP contribution is -2.23. The Hall–Kier alpha value is -3.75. The van der Waals surface area contributed by atoms with Crippen LogP contribution >= 0.6 is 0 Å². The van der Waals surface area contributed by atoms with E-state index in [1.165, 1.54) is 24.9 Å². The fraction of sp³-hybridized carbons (Fsp3) is 0.208. The second-order valence-corrected chi connectivity index (χ2v) is 7.52. The van der Waals surface area contributed by atoms with Gasteiger partial charge in [-0.1, -0.05) is 6.07 Å². The summed E-state index contributed by atoms with van der Waals surface area (Å²) in [5.74, 6) is -0.238. The van der Waals surface area contributed by atoms with Crippen molar-refractivity contribution in [1.29, 1.82) is 0 Å². The summed E-state index contributed by atoms with van der Waals surface area (Å²) < 4.78 is 67.1. The number of halogens is 4. The van der Waals surface area contributed by atoms with E-state index in [1.54, 1.807) is 48.0 Å². The lowest BCUT2D eigenvalue weighted by atomic mass is 10.0. The highest BCUT2D eigenvalue weighted by Gasteiger charge is 2.34. The summed E-state index contributed by atoms with van der Waals surface area (Å²) in [5, 5.41) is 0. The number of aromatic nitrogens is 2. The maximum absolute atomic E-state index is 13.8. The summed E-state index contributed by atoms with van der Waals surface area (Å²) in [7, 11) is 3.04. The van der Waals surface area contributed by atoms with Crippen LogP contribution in [0.2, 0.25) is 0 Å². The van der Waals surface area contributed by atoms with Crippen molar-refractivity contribution >= 4 is 5.52 Å². The van der Waals surface area contributed by atoms with Gasteiger partial charge in [0.25, 0.3) is 5.56 Å². The highest BCUT2D eigenvalue weighted by atomic mass is 19.4. The number of methoxy groups -OCH3 is 2. The van der Waals surface area contributed by atoms with Crippen LogP contribution in [0, 0.1) is 12.7 Å². The number of ether oxygens (including phenoxy) is 2. The first kappa shape index (κ1) is 22.4. The zero-order valence-corrected chi connectivity index (χ0v) is 18.0. The van der Waals surface area contributed by atoms with Crippen LogP contribution in [0.25, 0.3) is 16.6 Å². The van der Waals surface area contributed by atoms with E-state index in [1.807, 2.05) is 0 Å². The van der Waals surface area contributed by atoms with Gasteiger partial charge in [-0.05, 0) is 42.8 Å². The van der Waals surface area contributed by atoms with Gasteiger partial charge in [-0.25, -0.2) is 4.39 Å². The number of hydrogen-bond acceptors (Lipinski definition) is 3. The average Bonchev–Trinajstić information content (AvgIpc) is 3.23. The third-order valence-electron chi connectivity index (χ3n) is 5.49. The van der Waals surface area contributed by atoms with Crippen LogP contribution in [-0.2, 0) is 12.7 Å². The molecule has 0 aliphatic heterocycles. The molecule has 0 aliphatic carbocycles. The molecule has 0 unspecified atom stereocenters. The first-order valence-corrected chi connectivity index (χ1v) is 9.93. The second kappa shape index (κ2) is 8.31. The molecule has 0 fully saturated rings. The smallest absolute Gasteiger partial charge is 0.419 e. The summed E-state index contributed by atoms with van der Waals surface area (Å²) in [6, 6.07) is 9.49. The van der Waals surface area contributed by atoms with Crippen LogP contribution < -0.4 is 15.0 Å². The molecule has 0 saturated heterocycles. The first-order valence-electron chi connectivity index (χ1n) is 9.93. The molecule has 0 atom stereocenters. The Morgan fingerprint density at radius 2 is 1.76 bits per heavy atom. The standard InChI is InChI=1S/C24H20F4N2O3/c1-14-12-29(13-16-4-6-17(32-2)11-21(16)33-3)23(31)22-18(8-9-30(14)22)15-5-7-20(25)19(10-15)24(26,27)28/h4-12H,13H2,1-3H3. The lowest BCUT2D eigenvalue weighted by Gasteiger charge is -2.14. The first-order chi connectivity index (χ1) is 15.6. The molecular weight excluding hydrogens is 440 g/mol. The van der Waals surface area contributed by atoms with Gasteiger partial charge in [-0.15, -0.1) is 0 Å². The minimum absolute atomic E-state index is 0.0995. The minimum Gasteiger partial charge on any atom is -0.497 e. The van der Waals surface area contributed by atoms with E-state index >= 15 is 0 Å². The Morgan fingerprint density at radius 3 is 2.42 bits per heavy atom. The molecule has 0 aliphatic rings. The average molecular weight is 460 g/mol. The summed E-state index contributed by atoms with van der Waals surface area (Å²) in [6.07, 6.45) is -1.58. The second-order valence-electron chi connectivity index (χ2n) is 7.52. The number of rotatable bonds is 5. The van der Waals surface area contributed by atoms with Gasteiger partial charge in [0.1, 0.15) is 22.8 Å². The molecule has 5 nitrogen and oxygen atoms in total. The van der Waals surface area contributed by atoms with Crippen molar-refractivity contribution < 1.29 is 27.0 Å². The van der Waals surface area contributed by atoms with Crippen molar-refractivity contribution in [3.05, 3.63) is 87.9 Å². The largest absolute Gasteiger partial charge is 0.497 e. The predicted molar refractivity (Wildman–Crippen MR) is 115 cm³/mol. The molecule has 2 aromatic heterocycles. The van der Waals surface area contributed by atoms with Gasteiger partial charge in [0.05, 0.1) is 26.3 Å². The third-order valence-corrected chi connectivity index (χ3v) is 5.49. The number of aryl methyl sites for hydroxylation is 1. The predicted octanol–water partition coefficient (Wildman–Crippen LogP) is 5.30. The van der Waals surface area contributed by atoms with Crippen LogP contribution in [0.5, 0.6) is 11.5 Å². The molecule has 2 heterocycles. The van der Waals surface area contributed by atoms with Gasteiger partial charge in [0.2, 0.25) is 0 Å².